The van der Waals surface area contributed by atoms with Crippen LogP contribution in [0.2, 0.25) is 0 Å². The Hall–Kier alpha value is -8.42. The molecule has 6 aromatic rings. The lowest BCUT2D eigenvalue weighted by atomic mass is 10.2. The van der Waals surface area contributed by atoms with Gasteiger partial charge in [0.1, 0.15) is 0 Å². The molecule has 0 spiro atoms. The second-order valence-corrected chi connectivity index (χ2v) is 13.2. The molecule has 330 valence electrons. The number of ether oxygens (including phenoxy) is 4. The monoisotopic (exact) mass is 870 g/mol. The molecule has 2 heterocycles. The summed E-state index contributed by atoms with van der Waals surface area (Å²) in [5, 5.41) is 19.0. The van der Waals surface area contributed by atoms with E-state index in [1.807, 2.05) is 0 Å². The van der Waals surface area contributed by atoms with Crippen molar-refractivity contribution in [1.29, 1.82) is 0 Å². The molecule has 6 N–H and O–H groups in total. The number of esters is 4. The highest BCUT2D eigenvalue weighted by atomic mass is 16.5. The summed E-state index contributed by atoms with van der Waals surface area (Å²) in [4.78, 5) is 76.0. The molecular formula is C44H46N12O8. The normalized spacial score (nSPS) is 10.5. The van der Waals surface area contributed by atoms with Gasteiger partial charge in [-0.3, -0.25) is 0 Å². The van der Waals surface area contributed by atoms with Crippen molar-refractivity contribution in [3.05, 3.63) is 119 Å². The van der Waals surface area contributed by atoms with Gasteiger partial charge >= 0.3 is 23.9 Å². The minimum atomic E-state index is -0.434. The van der Waals surface area contributed by atoms with E-state index in [0.29, 0.717) is 45.0 Å². The van der Waals surface area contributed by atoms with E-state index in [9.17, 15) is 19.2 Å². The third-order valence-corrected chi connectivity index (χ3v) is 8.57. The number of nitrogens with zero attached hydrogens (tertiary/aromatic N) is 6. The van der Waals surface area contributed by atoms with Crippen LogP contribution in [0.4, 0.5) is 58.4 Å². The molecule has 0 aliphatic carbocycles. The second-order valence-electron chi connectivity index (χ2n) is 13.2. The predicted octanol–water partition coefficient (Wildman–Crippen LogP) is 7.26. The van der Waals surface area contributed by atoms with Gasteiger partial charge in [0.05, 0.1) is 48.7 Å². The van der Waals surface area contributed by atoms with Gasteiger partial charge in [-0.2, -0.15) is 29.9 Å². The Morgan fingerprint density at radius 1 is 0.344 bits per heavy atom. The highest BCUT2D eigenvalue weighted by Gasteiger charge is 2.14. The zero-order valence-corrected chi connectivity index (χ0v) is 35.4. The van der Waals surface area contributed by atoms with Gasteiger partial charge in [-0.25, -0.2) is 19.2 Å². The average Bonchev–Trinajstić information content (AvgIpc) is 3.29. The summed E-state index contributed by atoms with van der Waals surface area (Å²) in [7, 11) is 0. The number of hydrogen-bond acceptors (Lipinski definition) is 20. The van der Waals surface area contributed by atoms with Gasteiger partial charge in [0.15, 0.2) is 0 Å². The Morgan fingerprint density at radius 2 is 0.547 bits per heavy atom. The van der Waals surface area contributed by atoms with Crippen LogP contribution in [0.1, 0.15) is 69.1 Å². The van der Waals surface area contributed by atoms with Gasteiger partial charge in [0, 0.05) is 35.8 Å². The average molecular weight is 871 g/mol. The van der Waals surface area contributed by atoms with Crippen LogP contribution >= 0.6 is 0 Å². The number of benzene rings is 4. The van der Waals surface area contributed by atoms with Crippen molar-refractivity contribution >= 4 is 82.3 Å². The molecule has 64 heavy (non-hydrogen) atoms. The highest BCUT2D eigenvalue weighted by molar-refractivity contribution is 5.91. The first-order chi connectivity index (χ1) is 31.1. The highest BCUT2D eigenvalue weighted by Crippen LogP contribution is 2.22. The summed E-state index contributed by atoms with van der Waals surface area (Å²) in [6, 6.07) is 26.6. The van der Waals surface area contributed by atoms with Crippen molar-refractivity contribution in [2.45, 2.75) is 27.7 Å². The number of hydrogen-bond donors (Lipinski definition) is 6. The summed E-state index contributed by atoms with van der Waals surface area (Å²) in [5.74, 6) is -0.552. The third kappa shape index (κ3) is 13.0. The maximum atomic E-state index is 12.2. The fourth-order valence-corrected chi connectivity index (χ4v) is 5.61. The molecule has 0 radical (unpaired) electrons. The summed E-state index contributed by atoms with van der Waals surface area (Å²) in [6.45, 7) is 8.56. The lowest BCUT2D eigenvalue weighted by molar-refractivity contribution is 0.0517. The van der Waals surface area contributed by atoms with Crippen molar-refractivity contribution < 1.29 is 38.1 Å². The molecule has 0 bridgehead atoms. The molecule has 0 aliphatic rings. The number of aromatic nitrogens is 6. The van der Waals surface area contributed by atoms with Crippen molar-refractivity contribution in [1.82, 2.24) is 29.9 Å². The smallest absolute Gasteiger partial charge is 0.338 e. The van der Waals surface area contributed by atoms with Crippen molar-refractivity contribution in [2.75, 3.05) is 71.4 Å². The van der Waals surface area contributed by atoms with Crippen LogP contribution < -0.4 is 31.9 Å². The van der Waals surface area contributed by atoms with Crippen LogP contribution in [-0.4, -0.2) is 93.3 Å². The summed E-state index contributed by atoms with van der Waals surface area (Å²) >= 11 is 0. The van der Waals surface area contributed by atoms with Gasteiger partial charge < -0.3 is 50.8 Å². The Kier molecular flexibility index (Phi) is 15.8. The Bertz CT molecular complexity index is 2190. The van der Waals surface area contributed by atoms with E-state index in [-0.39, 0.29) is 75.2 Å². The first-order valence-electron chi connectivity index (χ1n) is 20.3. The molecule has 0 unspecified atom stereocenters. The first-order valence-corrected chi connectivity index (χ1v) is 20.3. The molecule has 0 fully saturated rings. The van der Waals surface area contributed by atoms with Crippen LogP contribution in [0.25, 0.3) is 0 Å². The molecule has 6 rings (SSSR count). The lowest BCUT2D eigenvalue weighted by Gasteiger charge is -2.13. The molecule has 2 aromatic heterocycles. The summed E-state index contributed by atoms with van der Waals surface area (Å²) in [6.07, 6.45) is 0. The van der Waals surface area contributed by atoms with Gasteiger partial charge in [0.2, 0.25) is 35.7 Å². The quantitative estimate of drug-likeness (QED) is 0.0236. The van der Waals surface area contributed by atoms with E-state index in [2.05, 4.69) is 61.8 Å². The van der Waals surface area contributed by atoms with Crippen molar-refractivity contribution in [3.8, 4) is 0 Å². The molecule has 20 heteroatoms. The lowest BCUT2D eigenvalue weighted by Crippen LogP contribution is -2.18. The van der Waals surface area contributed by atoms with Crippen molar-refractivity contribution in [3.63, 3.8) is 0 Å². The van der Waals surface area contributed by atoms with Gasteiger partial charge in [-0.15, -0.1) is 0 Å². The van der Waals surface area contributed by atoms with Crippen LogP contribution in [0.5, 0.6) is 0 Å². The summed E-state index contributed by atoms with van der Waals surface area (Å²) < 4.78 is 20.4. The van der Waals surface area contributed by atoms with E-state index >= 15 is 0 Å². The maximum Gasteiger partial charge on any atom is 0.338 e. The van der Waals surface area contributed by atoms with E-state index in [0.717, 1.165) is 0 Å². The molecular weight excluding hydrogens is 825 g/mol. The minimum absolute atomic E-state index is 0.189. The SMILES string of the molecule is CCOC(=O)c1ccc(Nc2nc(NCCNc3nc(Nc4ccc(C(=O)OCC)cc4)nc(Nc4ccc(C(=O)OCC)cc4)n3)nc(Nc3ccc(C(=O)OCC)cc3)n2)cc1. The van der Waals surface area contributed by atoms with E-state index in [1.54, 1.807) is 125 Å². The predicted molar refractivity (Wildman–Crippen MR) is 239 cm³/mol. The third-order valence-electron chi connectivity index (χ3n) is 8.57. The van der Waals surface area contributed by atoms with Crippen LogP contribution in [0.15, 0.2) is 97.1 Å². The van der Waals surface area contributed by atoms with E-state index in [1.165, 1.54) is 0 Å². The topological polar surface area (TPSA) is 255 Å². The Balaban J connectivity index is 1.19. The first kappa shape index (κ1) is 45.1. The summed E-state index contributed by atoms with van der Waals surface area (Å²) in [5.41, 5.74) is 3.98. The van der Waals surface area contributed by atoms with Gasteiger partial charge in [-0.1, -0.05) is 0 Å². The molecule has 0 aliphatic heterocycles. The molecule has 0 saturated carbocycles. The molecule has 0 saturated heterocycles. The number of carbonyl (C=O) groups excluding carboxylic acids is 4. The Labute approximate surface area is 368 Å². The number of nitrogens with one attached hydrogen (secondary N) is 6. The number of anilines is 10. The maximum absolute atomic E-state index is 12.2. The molecule has 20 nitrogen and oxygen atoms in total. The van der Waals surface area contributed by atoms with Crippen LogP contribution in [0.3, 0.4) is 0 Å². The largest absolute Gasteiger partial charge is 0.462 e. The zero-order chi connectivity index (χ0) is 45.3. The second kappa shape index (κ2) is 22.4. The molecule has 0 atom stereocenters. The fourth-order valence-electron chi connectivity index (χ4n) is 5.61. The fraction of sp³-hybridized carbons (Fsp3) is 0.227. The number of rotatable bonds is 21. The van der Waals surface area contributed by atoms with Crippen molar-refractivity contribution in [2.24, 2.45) is 0 Å². The minimum Gasteiger partial charge on any atom is -0.462 e. The zero-order valence-electron chi connectivity index (χ0n) is 35.4. The van der Waals surface area contributed by atoms with Gasteiger partial charge in [-0.05, 0) is 125 Å². The van der Waals surface area contributed by atoms with Crippen LogP contribution in [0, 0.1) is 0 Å². The van der Waals surface area contributed by atoms with Crippen LogP contribution in [-0.2, 0) is 18.9 Å². The number of carbonyl (C=O) groups is 4. The molecule has 0 amide bonds. The van der Waals surface area contributed by atoms with E-state index < -0.39 is 23.9 Å². The Morgan fingerprint density at radius 3 is 0.750 bits per heavy atom. The van der Waals surface area contributed by atoms with Gasteiger partial charge in [0.25, 0.3) is 0 Å². The van der Waals surface area contributed by atoms with E-state index in [4.69, 9.17) is 18.9 Å². The molecule has 4 aromatic carbocycles. The standard InChI is InChI=1S/C44H46N12O8/c1-5-61-35(57)27-9-17-31(18-10-27)47-41-51-39(52-42(55-41)48-32-19-11-28(12-20-32)36(58)62-6-2)45-25-26-46-40-53-43(49-33-21-13-29(14-22-33)37(59)63-7-3)56-44(54-40)50-34-23-15-30(16-24-34)38(60)64-8-4/h9-24H,5-8,25-26H2,1-4H3,(H3,45,47,48,51,52,55)(H3,46,49,50,53,54,56).